The van der Waals surface area contributed by atoms with Gasteiger partial charge in [0, 0.05) is 13.1 Å². The van der Waals surface area contributed by atoms with Crippen molar-refractivity contribution in [1.29, 1.82) is 0 Å². The maximum atomic E-state index is 11.0. The quantitative estimate of drug-likeness (QED) is 0.123. The Labute approximate surface area is 175 Å². The van der Waals surface area contributed by atoms with Crippen LogP contribution in [0.2, 0.25) is 0 Å². The van der Waals surface area contributed by atoms with Crippen LogP contribution in [0, 0.1) is 40.4 Å². The van der Waals surface area contributed by atoms with Gasteiger partial charge in [0.15, 0.2) is 0 Å². The van der Waals surface area contributed by atoms with Crippen molar-refractivity contribution in [1.82, 2.24) is 9.80 Å². The number of hydrogen-bond acceptors (Lipinski definition) is 6. The SMILES string of the molecule is O=P(O)(O)CN(CCN(CP(=O)(O)O)CP(=O)(O)O)CP(=O)(O)O.[153Sm+3]. The van der Waals surface area contributed by atoms with Gasteiger partial charge in [0.2, 0.25) is 0 Å². The van der Waals surface area contributed by atoms with E-state index in [0.717, 1.165) is 0 Å². The normalized spacial score (nSPS) is 14.0. The van der Waals surface area contributed by atoms with Crippen molar-refractivity contribution in [3.8, 4) is 0 Å². The second-order valence-electron chi connectivity index (χ2n) is 5.01. The van der Waals surface area contributed by atoms with Crippen LogP contribution in [0.4, 0.5) is 0 Å². The molecule has 149 valence electrons. The fourth-order valence-corrected chi connectivity index (χ4v) is 5.06. The van der Waals surface area contributed by atoms with E-state index in [2.05, 4.69) is 0 Å². The van der Waals surface area contributed by atoms with Crippen molar-refractivity contribution in [3.63, 3.8) is 0 Å². The zero-order valence-corrected chi connectivity index (χ0v) is 18.7. The minimum absolute atomic E-state index is 0. The predicted octanol–water partition coefficient (Wildman–Crippen LogP) is -1.87. The molecule has 0 aliphatic rings. The van der Waals surface area contributed by atoms with Crippen LogP contribution in [0.25, 0.3) is 0 Å². The summed E-state index contributed by atoms with van der Waals surface area (Å²) in [5.41, 5.74) is 0. The van der Waals surface area contributed by atoms with E-state index in [9.17, 15) is 18.3 Å². The molecule has 14 nitrogen and oxygen atoms in total. The summed E-state index contributed by atoms with van der Waals surface area (Å²) in [6, 6.07) is 0. The van der Waals surface area contributed by atoms with E-state index in [1.54, 1.807) is 0 Å². The molecule has 0 aliphatic carbocycles. The molecule has 0 heterocycles. The molecule has 0 unspecified atom stereocenters. The summed E-state index contributed by atoms with van der Waals surface area (Å²) in [5.74, 6) is 0. The number of rotatable bonds is 11. The summed E-state index contributed by atoms with van der Waals surface area (Å²) in [6.45, 7) is -1.01. The third-order valence-electron chi connectivity index (χ3n) is 2.27. The number of nitrogens with zero attached hydrogens (tertiary/aromatic N) is 2. The average molecular weight is 589 g/mol. The van der Waals surface area contributed by atoms with E-state index >= 15 is 0 Å². The molecule has 1 radical (unpaired) electrons. The maximum Gasteiger partial charge on any atom is 3.00 e. The molecule has 25 heavy (non-hydrogen) atoms. The second kappa shape index (κ2) is 11.1. The zero-order chi connectivity index (χ0) is 19.4. The van der Waals surface area contributed by atoms with E-state index in [-0.39, 0.29) is 40.4 Å². The first-order chi connectivity index (χ1) is 10.4. The van der Waals surface area contributed by atoms with Gasteiger partial charge < -0.3 is 39.1 Å². The fourth-order valence-electron chi connectivity index (χ4n) is 1.70. The minimum atomic E-state index is -4.69. The third kappa shape index (κ3) is 20.4. The molecule has 0 fully saturated rings. The summed E-state index contributed by atoms with van der Waals surface area (Å²) in [6.07, 6.45) is -4.18. The Balaban J connectivity index is 0. The van der Waals surface area contributed by atoms with Gasteiger partial charge in [-0.25, -0.2) is 0 Å². The van der Waals surface area contributed by atoms with Crippen LogP contribution in [0.3, 0.4) is 0 Å². The molecule has 0 bridgehead atoms. The first-order valence-electron chi connectivity index (χ1n) is 5.99. The molecule has 0 aromatic heterocycles. The van der Waals surface area contributed by atoms with E-state index in [0.29, 0.717) is 9.80 Å². The molecule has 0 aromatic rings. The standard InChI is InChI=1S/C6H20N2O12P4.Sm/c9-21(10,11)3-7(4-22(12,13)14)1-2-8(5-23(15,16)17)6-24(18,19)20;/h1-6H2,(H2,9,10,11)(H2,12,13,14)(H2,15,16,17)(H2,18,19,20);/q;+3/i;1+3. The van der Waals surface area contributed by atoms with Crippen LogP contribution in [-0.4, -0.2) is 87.2 Å². The van der Waals surface area contributed by atoms with E-state index in [1.807, 2.05) is 0 Å². The molecule has 0 aliphatic heterocycles. The first kappa shape index (κ1) is 29.1. The largest absolute Gasteiger partial charge is 3.00 e. The van der Waals surface area contributed by atoms with Crippen LogP contribution in [-0.2, 0) is 18.3 Å². The summed E-state index contributed by atoms with van der Waals surface area (Å²) < 4.78 is 43.9. The van der Waals surface area contributed by atoms with Crippen LogP contribution < -0.4 is 0 Å². The van der Waals surface area contributed by atoms with Crippen LogP contribution in [0.15, 0.2) is 0 Å². The van der Waals surface area contributed by atoms with Gasteiger partial charge in [-0.05, 0) is 0 Å². The van der Waals surface area contributed by atoms with Crippen LogP contribution in [0.5, 0.6) is 0 Å². The zero-order valence-electron chi connectivity index (χ0n) is 12.5. The molecule has 8 N–H and O–H groups in total. The molecular weight excluding hydrogens is 569 g/mol. The van der Waals surface area contributed by atoms with E-state index in [4.69, 9.17) is 39.1 Å². The third-order valence-corrected chi connectivity index (χ3v) is 5.34. The van der Waals surface area contributed by atoms with Crippen molar-refractivity contribution in [3.05, 3.63) is 0 Å². The maximum absolute atomic E-state index is 11.0. The molecule has 0 saturated heterocycles. The Morgan fingerprint density at radius 2 is 0.640 bits per heavy atom. The van der Waals surface area contributed by atoms with Crippen molar-refractivity contribution < 1.29 is 97.8 Å². The molecule has 0 spiro atoms. The van der Waals surface area contributed by atoms with Crippen LogP contribution >= 0.6 is 30.4 Å². The molecule has 0 saturated carbocycles. The second-order valence-corrected chi connectivity index (χ2v) is 11.5. The van der Waals surface area contributed by atoms with E-state index in [1.165, 1.54) is 0 Å². The summed E-state index contributed by atoms with van der Waals surface area (Å²) in [4.78, 5) is 72.3. The number of hydrogen-bond donors (Lipinski definition) is 8. The monoisotopic (exact) mass is 589 g/mol. The van der Waals surface area contributed by atoms with Gasteiger partial charge in [-0.3, -0.25) is 28.1 Å². The van der Waals surface area contributed by atoms with Crippen molar-refractivity contribution >= 4 is 30.4 Å². The Morgan fingerprint density at radius 3 is 0.760 bits per heavy atom. The fraction of sp³-hybridized carbons (Fsp3) is 1.00. The van der Waals surface area contributed by atoms with Crippen molar-refractivity contribution in [2.75, 3.05) is 38.2 Å². The summed E-state index contributed by atoms with van der Waals surface area (Å²) >= 11 is 0. The molecular formula is C6H20N2O12P4Sm+3. The molecule has 0 amide bonds. The Bertz CT molecular complexity index is 492. The van der Waals surface area contributed by atoms with Gasteiger partial charge >= 0.3 is 70.8 Å². The van der Waals surface area contributed by atoms with Gasteiger partial charge in [-0.1, -0.05) is 0 Å². The predicted molar refractivity (Wildman–Crippen MR) is 81.1 cm³/mol. The minimum Gasteiger partial charge on any atom is -0.324 e. The topological polar surface area (TPSA) is 237 Å². The van der Waals surface area contributed by atoms with E-state index < -0.39 is 68.6 Å². The Kier molecular flexibility index (Phi) is 13.0. The first-order valence-corrected chi connectivity index (χ1v) is 13.2. The van der Waals surface area contributed by atoms with Gasteiger partial charge in [0.1, 0.15) is 25.1 Å². The van der Waals surface area contributed by atoms with Crippen molar-refractivity contribution in [2.45, 2.75) is 0 Å². The van der Waals surface area contributed by atoms with Crippen molar-refractivity contribution in [2.24, 2.45) is 0 Å². The molecule has 0 atom stereocenters. The smallest absolute Gasteiger partial charge is 0.324 e. The average Bonchev–Trinajstić information content (AvgIpc) is 2.16. The molecule has 19 heteroatoms. The summed E-state index contributed by atoms with van der Waals surface area (Å²) in [7, 11) is -18.8. The Morgan fingerprint density at radius 1 is 0.480 bits per heavy atom. The summed E-state index contributed by atoms with van der Waals surface area (Å²) in [5, 5.41) is 0. The van der Waals surface area contributed by atoms with Gasteiger partial charge in [-0.2, -0.15) is 0 Å². The van der Waals surface area contributed by atoms with Gasteiger partial charge in [0.05, 0.1) is 0 Å². The molecule has 0 rings (SSSR count). The Hall–Kier alpha value is 1.86. The van der Waals surface area contributed by atoms with Gasteiger partial charge in [0.25, 0.3) is 0 Å². The van der Waals surface area contributed by atoms with Crippen LogP contribution in [0.1, 0.15) is 0 Å². The molecule has 0 aromatic carbocycles. The van der Waals surface area contributed by atoms with Gasteiger partial charge in [-0.15, -0.1) is 0 Å².